The van der Waals surface area contributed by atoms with Gasteiger partial charge in [-0.1, -0.05) is 26.0 Å². The number of hydrogen-bond acceptors (Lipinski definition) is 8. The van der Waals surface area contributed by atoms with Crippen LogP contribution in [0.25, 0.3) is 0 Å². The molecular formula is C23H26N4O6S. The summed E-state index contributed by atoms with van der Waals surface area (Å²) in [4.78, 5) is 47.9. The SMILES string of the molecule is Cc1cc(OCC(=O)NN2C(=O)C(CC(=O)O)SC2c2cccc(N)c2)c(C(C)C)cc1N=O. The summed E-state index contributed by atoms with van der Waals surface area (Å²) in [5.74, 6) is -1.77. The molecule has 2 amide bonds. The van der Waals surface area contributed by atoms with Gasteiger partial charge in [0.2, 0.25) is 0 Å². The molecule has 4 N–H and O–H groups in total. The lowest BCUT2D eigenvalue weighted by atomic mass is 9.99. The highest BCUT2D eigenvalue weighted by Gasteiger charge is 2.43. The number of aliphatic carboxylic acids is 1. The van der Waals surface area contributed by atoms with Gasteiger partial charge in [0.15, 0.2) is 6.61 Å². The monoisotopic (exact) mass is 486 g/mol. The van der Waals surface area contributed by atoms with Gasteiger partial charge in [-0.05, 0) is 59.0 Å². The number of nitrogens with one attached hydrogen (secondary N) is 1. The van der Waals surface area contributed by atoms with Crippen LogP contribution in [-0.2, 0) is 14.4 Å². The Morgan fingerprint density at radius 3 is 2.65 bits per heavy atom. The van der Waals surface area contributed by atoms with Crippen molar-refractivity contribution in [2.24, 2.45) is 5.18 Å². The summed E-state index contributed by atoms with van der Waals surface area (Å²) in [7, 11) is 0. The molecular weight excluding hydrogens is 460 g/mol. The second kappa shape index (κ2) is 10.6. The fraction of sp³-hybridized carbons (Fsp3) is 0.348. The number of thioether (sulfide) groups is 1. The number of hydrazine groups is 1. The molecule has 1 fully saturated rings. The summed E-state index contributed by atoms with van der Waals surface area (Å²) >= 11 is 1.13. The summed E-state index contributed by atoms with van der Waals surface area (Å²) in [5, 5.41) is 11.8. The third-order valence-corrected chi connectivity index (χ3v) is 6.69. The van der Waals surface area contributed by atoms with Crippen LogP contribution in [0, 0.1) is 11.8 Å². The fourth-order valence-electron chi connectivity index (χ4n) is 3.56. The van der Waals surface area contributed by atoms with Crippen LogP contribution in [0.15, 0.2) is 41.6 Å². The first kappa shape index (κ1) is 25.0. The minimum atomic E-state index is -1.11. The average molecular weight is 487 g/mol. The number of benzene rings is 2. The molecule has 0 radical (unpaired) electrons. The number of carboxylic acids is 1. The van der Waals surface area contributed by atoms with Crippen LogP contribution >= 0.6 is 11.8 Å². The molecule has 0 aliphatic carbocycles. The van der Waals surface area contributed by atoms with Crippen LogP contribution in [0.4, 0.5) is 11.4 Å². The molecule has 180 valence electrons. The van der Waals surface area contributed by atoms with Crippen LogP contribution in [0.1, 0.15) is 48.3 Å². The van der Waals surface area contributed by atoms with Gasteiger partial charge >= 0.3 is 5.97 Å². The normalized spacial score (nSPS) is 17.6. The molecule has 0 spiro atoms. The number of anilines is 1. The highest BCUT2D eigenvalue weighted by Crippen LogP contribution is 2.43. The predicted octanol–water partition coefficient (Wildman–Crippen LogP) is 3.63. The molecule has 11 heteroatoms. The molecule has 2 atom stereocenters. The highest BCUT2D eigenvalue weighted by molar-refractivity contribution is 8.01. The lowest BCUT2D eigenvalue weighted by molar-refractivity contribution is -0.144. The maximum Gasteiger partial charge on any atom is 0.305 e. The number of amides is 2. The third kappa shape index (κ3) is 5.66. The third-order valence-electron chi connectivity index (χ3n) is 5.25. The van der Waals surface area contributed by atoms with Gasteiger partial charge in [0, 0.05) is 5.69 Å². The molecule has 2 aromatic carbocycles. The Morgan fingerprint density at radius 2 is 2.03 bits per heavy atom. The predicted molar refractivity (Wildman–Crippen MR) is 128 cm³/mol. The quantitative estimate of drug-likeness (QED) is 0.359. The molecule has 1 aliphatic rings. The van der Waals surface area contributed by atoms with Crippen molar-refractivity contribution in [1.29, 1.82) is 0 Å². The van der Waals surface area contributed by atoms with Crippen LogP contribution in [0.2, 0.25) is 0 Å². The van der Waals surface area contributed by atoms with Crippen LogP contribution < -0.4 is 15.9 Å². The van der Waals surface area contributed by atoms with Crippen molar-refractivity contribution < 1.29 is 24.2 Å². The van der Waals surface area contributed by atoms with E-state index in [4.69, 9.17) is 15.6 Å². The zero-order chi connectivity index (χ0) is 25.0. The lowest BCUT2D eigenvalue weighted by Crippen LogP contribution is -2.47. The van der Waals surface area contributed by atoms with Gasteiger partial charge in [0.25, 0.3) is 11.8 Å². The number of nitrogen functional groups attached to an aromatic ring is 1. The van der Waals surface area contributed by atoms with E-state index in [1.807, 2.05) is 13.8 Å². The maximum atomic E-state index is 12.9. The summed E-state index contributed by atoms with van der Waals surface area (Å²) in [5.41, 5.74) is 11.2. The zero-order valence-corrected chi connectivity index (χ0v) is 19.8. The second-order valence-electron chi connectivity index (χ2n) is 8.20. The Kier molecular flexibility index (Phi) is 7.77. The molecule has 0 aromatic heterocycles. The van der Waals surface area contributed by atoms with E-state index in [0.717, 1.165) is 22.3 Å². The molecule has 2 unspecified atom stereocenters. The van der Waals surface area contributed by atoms with Crippen molar-refractivity contribution in [1.82, 2.24) is 10.4 Å². The average Bonchev–Trinajstić information content (AvgIpc) is 3.06. The van der Waals surface area contributed by atoms with E-state index in [9.17, 15) is 19.3 Å². The van der Waals surface area contributed by atoms with Crippen molar-refractivity contribution in [3.63, 3.8) is 0 Å². The summed E-state index contributed by atoms with van der Waals surface area (Å²) < 4.78 is 5.72. The molecule has 2 aromatic rings. The molecule has 34 heavy (non-hydrogen) atoms. The van der Waals surface area contributed by atoms with E-state index in [-0.39, 0.29) is 12.3 Å². The number of aryl methyl sites for hydroxylation is 1. The Morgan fingerprint density at radius 1 is 1.29 bits per heavy atom. The van der Waals surface area contributed by atoms with E-state index < -0.39 is 35.0 Å². The smallest absolute Gasteiger partial charge is 0.305 e. The molecule has 10 nitrogen and oxygen atoms in total. The largest absolute Gasteiger partial charge is 0.483 e. The van der Waals surface area contributed by atoms with Gasteiger partial charge in [0.05, 0.1) is 11.7 Å². The fourth-order valence-corrected chi connectivity index (χ4v) is 4.93. The Hall–Kier alpha value is -3.60. The first-order valence-electron chi connectivity index (χ1n) is 10.6. The number of ether oxygens (including phenoxy) is 1. The number of rotatable bonds is 9. The van der Waals surface area contributed by atoms with Gasteiger partial charge in [-0.15, -0.1) is 16.7 Å². The van der Waals surface area contributed by atoms with Gasteiger partial charge in [-0.3, -0.25) is 19.8 Å². The minimum Gasteiger partial charge on any atom is -0.483 e. The molecule has 0 bridgehead atoms. The summed E-state index contributed by atoms with van der Waals surface area (Å²) in [6.45, 7) is 5.16. The summed E-state index contributed by atoms with van der Waals surface area (Å²) in [6.07, 6.45) is -0.376. The first-order valence-corrected chi connectivity index (χ1v) is 11.5. The van der Waals surface area contributed by atoms with E-state index in [0.29, 0.717) is 28.3 Å². The molecule has 1 aliphatic heterocycles. The van der Waals surface area contributed by atoms with E-state index >= 15 is 0 Å². The van der Waals surface area contributed by atoms with Gasteiger partial charge in [-0.2, -0.15) is 0 Å². The van der Waals surface area contributed by atoms with E-state index in [1.54, 1.807) is 43.3 Å². The number of nitrogens with two attached hydrogens (primary N) is 1. The second-order valence-corrected chi connectivity index (χ2v) is 9.49. The van der Waals surface area contributed by atoms with Gasteiger partial charge in [0.1, 0.15) is 16.8 Å². The zero-order valence-electron chi connectivity index (χ0n) is 19.0. The van der Waals surface area contributed by atoms with Crippen molar-refractivity contribution >= 4 is 40.9 Å². The van der Waals surface area contributed by atoms with Crippen LogP contribution in [0.3, 0.4) is 0 Å². The molecule has 1 saturated heterocycles. The van der Waals surface area contributed by atoms with E-state index in [2.05, 4.69) is 10.6 Å². The van der Waals surface area contributed by atoms with Crippen molar-refractivity contribution in [2.45, 2.75) is 43.7 Å². The van der Waals surface area contributed by atoms with Crippen LogP contribution in [0.5, 0.6) is 5.75 Å². The van der Waals surface area contributed by atoms with Crippen molar-refractivity contribution in [2.75, 3.05) is 12.3 Å². The molecule has 1 heterocycles. The first-order chi connectivity index (χ1) is 16.1. The molecule has 0 saturated carbocycles. The Bertz CT molecular complexity index is 1120. The van der Waals surface area contributed by atoms with Gasteiger partial charge in [-0.25, -0.2) is 5.01 Å². The lowest BCUT2D eigenvalue weighted by Gasteiger charge is -2.25. The number of nitroso groups, excluding NO2 is 1. The molecule has 3 rings (SSSR count). The van der Waals surface area contributed by atoms with Crippen molar-refractivity contribution in [3.8, 4) is 5.75 Å². The standard InChI is InChI=1S/C23H26N4O6S/c1-12(2)16-9-17(26-32)13(3)7-18(16)33-11-20(28)25-27-22(31)19(10-21(29)30)34-23(27)14-5-4-6-15(24)8-14/h4-9,12,19,23H,10-11,24H2,1-3H3,(H,25,28)(H,29,30). The number of nitrogens with zero attached hydrogens (tertiary/aromatic N) is 2. The maximum absolute atomic E-state index is 12.9. The van der Waals surface area contributed by atoms with Crippen LogP contribution in [-0.4, -0.2) is 39.8 Å². The number of carboxylic acid groups (broad SMARTS) is 1. The Balaban J connectivity index is 1.77. The highest BCUT2D eigenvalue weighted by atomic mass is 32.2. The van der Waals surface area contributed by atoms with Crippen molar-refractivity contribution in [3.05, 3.63) is 58.0 Å². The number of carbonyl (C=O) groups is 3. The Labute approximate surface area is 200 Å². The number of carbonyl (C=O) groups excluding carboxylic acids is 2. The summed E-state index contributed by atoms with van der Waals surface area (Å²) in [6, 6.07) is 10.1. The topological polar surface area (TPSA) is 151 Å². The minimum absolute atomic E-state index is 0.0143. The van der Waals surface area contributed by atoms with E-state index in [1.165, 1.54) is 0 Å². The number of hydrogen-bond donors (Lipinski definition) is 3. The van der Waals surface area contributed by atoms with Gasteiger partial charge < -0.3 is 15.6 Å².